The van der Waals surface area contributed by atoms with Crippen molar-refractivity contribution in [2.75, 3.05) is 6.54 Å². The molecule has 20 heavy (non-hydrogen) atoms. The third-order valence-corrected chi connectivity index (χ3v) is 3.94. The fourth-order valence-electron chi connectivity index (χ4n) is 2.73. The summed E-state index contributed by atoms with van der Waals surface area (Å²) in [4.78, 5) is 0. The summed E-state index contributed by atoms with van der Waals surface area (Å²) in [5.74, 6) is 0. The maximum atomic E-state index is 5.80. The summed E-state index contributed by atoms with van der Waals surface area (Å²) in [6, 6.07) is 10.5. The Kier molecular flexibility index (Phi) is 5.82. The molecule has 1 aliphatic rings. The van der Waals surface area contributed by atoms with E-state index in [4.69, 9.17) is 5.73 Å². The van der Waals surface area contributed by atoms with Gasteiger partial charge >= 0.3 is 0 Å². The van der Waals surface area contributed by atoms with Crippen LogP contribution in [0.15, 0.2) is 60.2 Å². The molecule has 1 heteroatoms. The van der Waals surface area contributed by atoms with Gasteiger partial charge in [-0.25, -0.2) is 0 Å². The first kappa shape index (κ1) is 14.8. The number of hydrogen-bond acceptors (Lipinski definition) is 1. The molecule has 1 nitrogen and oxygen atoms in total. The molecule has 0 saturated carbocycles. The molecular formula is C19H25N. The molecular weight excluding hydrogens is 242 g/mol. The lowest BCUT2D eigenvalue weighted by molar-refractivity contribution is 0.741. The maximum Gasteiger partial charge on any atom is 0.0177 e. The minimum atomic E-state index is 0.683. The molecule has 0 unspecified atom stereocenters. The molecule has 106 valence electrons. The summed E-state index contributed by atoms with van der Waals surface area (Å²) in [7, 11) is 0. The van der Waals surface area contributed by atoms with E-state index in [-0.39, 0.29) is 0 Å². The first-order chi connectivity index (χ1) is 9.81. The minimum Gasteiger partial charge on any atom is -0.326 e. The fourth-order valence-corrected chi connectivity index (χ4v) is 2.73. The number of allylic oxidation sites excluding steroid dienone is 3. The molecule has 0 aromatic heterocycles. The Morgan fingerprint density at radius 1 is 1.00 bits per heavy atom. The normalized spacial score (nSPS) is 14.7. The van der Waals surface area contributed by atoms with Crippen LogP contribution in [0.5, 0.6) is 0 Å². The van der Waals surface area contributed by atoms with E-state index in [1.807, 2.05) is 6.07 Å². The van der Waals surface area contributed by atoms with Gasteiger partial charge in [-0.3, -0.25) is 0 Å². The van der Waals surface area contributed by atoms with Crippen LogP contribution in [0.1, 0.15) is 44.1 Å². The number of rotatable bonds is 7. The van der Waals surface area contributed by atoms with Crippen LogP contribution in [-0.2, 0) is 0 Å². The summed E-state index contributed by atoms with van der Waals surface area (Å²) >= 11 is 0. The van der Waals surface area contributed by atoms with Crippen molar-refractivity contribution in [3.8, 4) is 0 Å². The van der Waals surface area contributed by atoms with Crippen LogP contribution in [-0.4, -0.2) is 6.54 Å². The van der Waals surface area contributed by atoms with E-state index in [0.717, 1.165) is 19.3 Å². The van der Waals surface area contributed by atoms with Gasteiger partial charge in [-0.15, -0.1) is 0 Å². The highest BCUT2D eigenvalue weighted by atomic mass is 14.5. The van der Waals surface area contributed by atoms with E-state index >= 15 is 0 Å². The topological polar surface area (TPSA) is 26.0 Å². The minimum absolute atomic E-state index is 0.683. The van der Waals surface area contributed by atoms with Crippen LogP contribution in [0.4, 0.5) is 0 Å². The van der Waals surface area contributed by atoms with Gasteiger partial charge in [0.25, 0.3) is 0 Å². The highest BCUT2D eigenvalue weighted by Crippen LogP contribution is 2.25. The van der Waals surface area contributed by atoms with E-state index in [9.17, 15) is 0 Å². The lowest BCUT2D eigenvalue weighted by Crippen LogP contribution is -2.08. The summed E-state index contributed by atoms with van der Waals surface area (Å²) < 4.78 is 0. The number of hydrogen-bond donors (Lipinski definition) is 1. The van der Waals surface area contributed by atoms with Crippen molar-refractivity contribution in [3.05, 3.63) is 65.8 Å². The number of nitrogens with two attached hydrogens (primary N) is 1. The van der Waals surface area contributed by atoms with Crippen molar-refractivity contribution >= 4 is 5.57 Å². The molecule has 0 radical (unpaired) electrons. The van der Waals surface area contributed by atoms with Crippen LogP contribution in [0, 0.1) is 0 Å². The molecule has 0 bridgehead atoms. The van der Waals surface area contributed by atoms with Crippen LogP contribution in [0.2, 0.25) is 0 Å². The highest BCUT2D eigenvalue weighted by Gasteiger charge is 2.07. The summed E-state index contributed by atoms with van der Waals surface area (Å²) in [5, 5.41) is 0. The summed E-state index contributed by atoms with van der Waals surface area (Å²) in [6.07, 6.45) is 11.7. The van der Waals surface area contributed by atoms with Crippen LogP contribution in [0.3, 0.4) is 0 Å². The van der Waals surface area contributed by atoms with Crippen LogP contribution in [0.25, 0.3) is 5.57 Å². The van der Waals surface area contributed by atoms with Gasteiger partial charge in [-0.2, -0.15) is 0 Å². The average molecular weight is 267 g/mol. The maximum absolute atomic E-state index is 5.80. The Morgan fingerprint density at radius 3 is 2.40 bits per heavy atom. The van der Waals surface area contributed by atoms with Gasteiger partial charge in [-0.1, -0.05) is 49.1 Å². The van der Waals surface area contributed by atoms with E-state index < -0.39 is 0 Å². The van der Waals surface area contributed by atoms with E-state index in [2.05, 4.69) is 43.0 Å². The largest absolute Gasteiger partial charge is 0.326 e. The number of benzene rings is 1. The SMILES string of the molecule is C=C(CCCCC1=CCCC=C1CN)c1ccccc1. The average Bonchev–Trinajstić information content (AvgIpc) is 2.52. The van der Waals surface area contributed by atoms with Gasteiger partial charge in [0.15, 0.2) is 0 Å². The molecule has 0 fully saturated rings. The molecule has 1 aromatic carbocycles. The zero-order valence-electron chi connectivity index (χ0n) is 12.3. The Hall–Kier alpha value is -1.60. The van der Waals surface area contributed by atoms with E-state index in [1.165, 1.54) is 41.5 Å². The zero-order valence-corrected chi connectivity index (χ0v) is 12.3. The molecule has 1 aliphatic carbocycles. The van der Waals surface area contributed by atoms with Crippen molar-refractivity contribution in [2.45, 2.75) is 38.5 Å². The molecule has 2 rings (SSSR count). The van der Waals surface area contributed by atoms with Gasteiger partial charge in [0, 0.05) is 6.54 Å². The smallest absolute Gasteiger partial charge is 0.0177 e. The molecule has 0 aliphatic heterocycles. The van der Waals surface area contributed by atoms with Gasteiger partial charge in [0.1, 0.15) is 0 Å². The molecule has 0 atom stereocenters. The second-order valence-electron chi connectivity index (χ2n) is 5.42. The van der Waals surface area contributed by atoms with Crippen molar-refractivity contribution in [3.63, 3.8) is 0 Å². The fraction of sp³-hybridized carbons (Fsp3) is 0.368. The van der Waals surface area contributed by atoms with Gasteiger partial charge in [-0.05, 0) is 60.8 Å². The standard InChI is InChI=1S/C19H25N/c1-16(17-10-3-2-4-11-17)9-5-6-12-18-13-7-8-14-19(18)15-20/h2-4,10-11,13-14H,1,5-9,12,15,20H2. The Bertz CT molecular complexity index is 494. The second-order valence-corrected chi connectivity index (χ2v) is 5.42. The first-order valence-electron chi connectivity index (χ1n) is 7.63. The summed E-state index contributed by atoms with van der Waals surface area (Å²) in [6.45, 7) is 4.88. The van der Waals surface area contributed by atoms with Crippen molar-refractivity contribution in [2.24, 2.45) is 5.73 Å². The molecule has 2 N–H and O–H groups in total. The van der Waals surface area contributed by atoms with E-state index in [1.54, 1.807) is 0 Å². The first-order valence-corrected chi connectivity index (χ1v) is 7.63. The van der Waals surface area contributed by atoms with Crippen LogP contribution < -0.4 is 5.73 Å². The lowest BCUT2D eigenvalue weighted by atomic mass is 9.92. The lowest BCUT2D eigenvalue weighted by Gasteiger charge is -2.15. The van der Waals surface area contributed by atoms with Crippen molar-refractivity contribution < 1.29 is 0 Å². The van der Waals surface area contributed by atoms with Crippen molar-refractivity contribution in [1.29, 1.82) is 0 Å². The molecule has 0 amide bonds. The van der Waals surface area contributed by atoms with Gasteiger partial charge in [0.05, 0.1) is 0 Å². The third-order valence-electron chi connectivity index (χ3n) is 3.94. The predicted octanol–water partition coefficient (Wildman–Crippen LogP) is 4.87. The number of unbranched alkanes of at least 4 members (excludes halogenated alkanes) is 1. The monoisotopic (exact) mass is 267 g/mol. The van der Waals surface area contributed by atoms with Gasteiger partial charge < -0.3 is 5.73 Å². The molecule has 0 saturated heterocycles. The summed E-state index contributed by atoms with van der Waals surface area (Å²) in [5.41, 5.74) is 11.2. The quantitative estimate of drug-likeness (QED) is 0.701. The Balaban J connectivity index is 1.73. The zero-order chi connectivity index (χ0) is 14.2. The Labute approximate surface area is 122 Å². The highest BCUT2D eigenvalue weighted by molar-refractivity contribution is 5.62. The molecule has 1 aromatic rings. The van der Waals surface area contributed by atoms with Gasteiger partial charge in [0.2, 0.25) is 0 Å². The second kappa shape index (κ2) is 7.86. The predicted molar refractivity (Wildman–Crippen MR) is 88.4 cm³/mol. The van der Waals surface area contributed by atoms with E-state index in [0.29, 0.717) is 6.54 Å². The molecule has 0 heterocycles. The molecule has 0 spiro atoms. The Morgan fingerprint density at radius 2 is 1.70 bits per heavy atom. The third kappa shape index (κ3) is 4.21. The van der Waals surface area contributed by atoms with Crippen LogP contribution >= 0.6 is 0 Å². The van der Waals surface area contributed by atoms with Crippen molar-refractivity contribution in [1.82, 2.24) is 0 Å².